The van der Waals surface area contributed by atoms with Crippen molar-refractivity contribution < 1.29 is 14.5 Å². The van der Waals surface area contributed by atoms with E-state index in [0.717, 1.165) is 5.56 Å². The highest BCUT2D eigenvalue weighted by atomic mass is 16.5. The molecule has 1 heterocycles. The van der Waals surface area contributed by atoms with E-state index in [9.17, 15) is 9.82 Å². The van der Waals surface area contributed by atoms with E-state index in [2.05, 4.69) is 5.43 Å². The predicted octanol–water partition coefficient (Wildman–Crippen LogP) is 0.279. The van der Waals surface area contributed by atoms with Crippen LogP contribution in [-0.2, 0) is 11.3 Å². The Morgan fingerprint density at radius 3 is 2.79 bits per heavy atom. The summed E-state index contributed by atoms with van der Waals surface area (Å²) in [6.45, 7) is 6.41. The van der Waals surface area contributed by atoms with Crippen LogP contribution in [0.4, 0.5) is 0 Å². The van der Waals surface area contributed by atoms with Crippen LogP contribution in [0.15, 0.2) is 18.2 Å². The molecule has 1 aliphatic rings. The number of fused-ring (bicyclic) bond motifs is 1. The highest BCUT2D eigenvalue weighted by Gasteiger charge is 2.28. The molecule has 0 aromatic heterocycles. The van der Waals surface area contributed by atoms with Gasteiger partial charge in [-0.1, -0.05) is 6.07 Å². The maximum Gasteiger partial charge on any atom is 0.491 e. The Balaban J connectivity index is 2.15. The Hall–Kier alpha value is -1.37. The Kier molecular flexibility index (Phi) is 3.67. The van der Waals surface area contributed by atoms with Crippen molar-refractivity contribution in [1.29, 1.82) is 0 Å². The quantitative estimate of drug-likeness (QED) is 0.593. The third-order valence-corrected chi connectivity index (χ3v) is 3.35. The summed E-state index contributed by atoms with van der Waals surface area (Å²) in [6, 6.07) is 5.24. The minimum atomic E-state index is -0.928. The van der Waals surface area contributed by atoms with Crippen molar-refractivity contribution in [2.45, 2.75) is 32.9 Å². The number of hydrazine groups is 1. The molecule has 5 nitrogen and oxygen atoms in total. The molecule has 1 aromatic rings. The summed E-state index contributed by atoms with van der Waals surface area (Å²) in [5.74, 6) is -0.195. The molecule has 6 heteroatoms. The number of hydrogen-bond donors (Lipinski definition) is 2. The number of hydrogen-bond acceptors (Lipinski definition) is 4. The fourth-order valence-electron chi connectivity index (χ4n) is 1.74. The van der Waals surface area contributed by atoms with Crippen LogP contribution in [0.3, 0.4) is 0 Å². The summed E-state index contributed by atoms with van der Waals surface area (Å²) < 4.78 is 5.11. The summed E-state index contributed by atoms with van der Waals surface area (Å²) in [7, 11) is 0.895. The Labute approximate surface area is 113 Å². The molecule has 0 radical (unpaired) electrons. The van der Waals surface area contributed by atoms with Gasteiger partial charge in [0.1, 0.15) is 0 Å². The van der Waals surface area contributed by atoms with E-state index in [1.165, 1.54) is 0 Å². The van der Waals surface area contributed by atoms with E-state index in [0.29, 0.717) is 17.6 Å². The van der Waals surface area contributed by atoms with Crippen molar-refractivity contribution in [1.82, 2.24) is 10.4 Å². The third kappa shape index (κ3) is 2.97. The van der Waals surface area contributed by atoms with Gasteiger partial charge in [0.25, 0.3) is 5.91 Å². The monoisotopic (exact) mass is 262 g/mol. The van der Waals surface area contributed by atoms with Crippen LogP contribution in [-0.4, -0.2) is 35.6 Å². The number of rotatable bonds is 2. The van der Waals surface area contributed by atoms with E-state index in [4.69, 9.17) is 4.65 Å². The standard InChI is InChI=1S/C13H19BN2O3/c1-13(2,3)16(4)15-12(17)9-5-6-10-8-19-14(18)11(10)7-9/h5-7,18H,8H2,1-4H3,(H,15,17). The van der Waals surface area contributed by atoms with Crippen LogP contribution in [0.5, 0.6) is 0 Å². The van der Waals surface area contributed by atoms with Gasteiger partial charge >= 0.3 is 7.12 Å². The fourth-order valence-corrected chi connectivity index (χ4v) is 1.74. The van der Waals surface area contributed by atoms with Crippen molar-refractivity contribution in [2.75, 3.05) is 7.05 Å². The first-order chi connectivity index (χ1) is 8.79. The maximum atomic E-state index is 12.1. The molecule has 0 fully saturated rings. The number of nitrogens with one attached hydrogen (secondary N) is 1. The molecule has 0 spiro atoms. The second-order valence-corrected chi connectivity index (χ2v) is 5.75. The van der Waals surface area contributed by atoms with Crippen molar-refractivity contribution in [3.05, 3.63) is 29.3 Å². The van der Waals surface area contributed by atoms with E-state index >= 15 is 0 Å². The Bertz CT molecular complexity index is 499. The molecule has 0 atom stereocenters. The Morgan fingerprint density at radius 1 is 1.47 bits per heavy atom. The van der Waals surface area contributed by atoms with Crippen LogP contribution < -0.4 is 10.9 Å². The van der Waals surface area contributed by atoms with Gasteiger partial charge in [0.15, 0.2) is 0 Å². The zero-order valence-electron chi connectivity index (χ0n) is 11.7. The first-order valence-corrected chi connectivity index (χ1v) is 6.26. The summed E-state index contributed by atoms with van der Waals surface area (Å²) >= 11 is 0. The first kappa shape index (κ1) is 14.1. The second-order valence-electron chi connectivity index (χ2n) is 5.75. The number of carbonyl (C=O) groups is 1. The first-order valence-electron chi connectivity index (χ1n) is 6.26. The van der Waals surface area contributed by atoms with Crippen LogP contribution in [0.2, 0.25) is 0 Å². The molecule has 2 rings (SSSR count). The van der Waals surface area contributed by atoms with Gasteiger partial charge in [0.2, 0.25) is 0 Å². The van der Waals surface area contributed by atoms with Crippen LogP contribution in [0.25, 0.3) is 0 Å². The molecule has 19 heavy (non-hydrogen) atoms. The highest BCUT2D eigenvalue weighted by molar-refractivity contribution is 6.61. The zero-order valence-corrected chi connectivity index (χ0v) is 11.7. The van der Waals surface area contributed by atoms with Crippen LogP contribution in [0, 0.1) is 0 Å². The lowest BCUT2D eigenvalue weighted by molar-refractivity contribution is 0.0643. The average Bonchev–Trinajstić information content (AvgIpc) is 2.69. The molecule has 0 saturated carbocycles. The Morgan fingerprint density at radius 2 is 2.16 bits per heavy atom. The summed E-state index contributed by atoms with van der Waals surface area (Å²) in [5.41, 5.74) is 4.77. The number of benzene rings is 1. The summed E-state index contributed by atoms with van der Waals surface area (Å²) in [6.07, 6.45) is 0. The van der Waals surface area contributed by atoms with Crippen molar-refractivity contribution in [2.24, 2.45) is 0 Å². The molecule has 1 aromatic carbocycles. The SMILES string of the molecule is CN(NC(=O)c1ccc2c(c1)B(O)OC2)C(C)(C)C. The molecule has 0 saturated heterocycles. The number of nitrogens with zero attached hydrogens (tertiary/aromatic N) is 1. The van der Waals surface area contributed by atoms with Gasteiger partial charge in [-0.2, -0.15) is 0 Å². The molecule has 0 bridgehead atoms. The number of amides is 1. The minimum Gasteiger partial charge on any atom is -0.423 e. The molecule has 0 unspecified atom stereocenters. The van der Waals surface area contributed by atoms with Crippen LogP contribution >= 0.6 is 0 Å². The summed E-state index contributed by atoms with van der Waals surface area (Å²) in [4.78, 5) is 12.1. The lowest BCUT2D eigenvalue weighted by Crippen LogP contribution is -2.50. The van der Waals surface area contributed by atoms with Crippen molar-refractivity contribution >= 4 is 18.5 Å². The van der Waals surface area contributed by atoms with Gasteiger partial charge in [0.05, 0.1) is 6.61 Å². The molecular formula is C13H19BN2O3. The maximum absolute atomic E-state index is 12.1. The van der Waals surface area contributed by atoms with Gasteiger partial charge in [0, 0.05) is 18.2 Å². The van der Waals surface area contributed by atoms with Crippen LogP contribution in [0.1, 0.15) is 36.7 Å². The van der Waals surface area contributed by atoms with Crippen molar-refractivity contribution in [3.63, 3.8) is 0 Å². The largest absolute Gasteiger partial charge is 0.491 e. The second kappa shape index (κ2) is 4.96. The summed E-state index contributed by atoms with van der Waals surface area (Å²) in [5, 5.41) is 11.4. The molecule has 102 valence electrons. The molecule has 1 amide bonds. The number of carbonyl (C=O) groups excluding carboxylic acids is 1. The molecular weight excluding hydrogens is 243 g/mol. The highest BCUT2D eigenvalue weighted by Crippen LogP contribution is 2.12. The molecule has 2 N–H and O–H groups in total. The normalized spacial score (nSPS) is 14.7. The van der Waals surface area contributed by atoms with E-state index in [1.807, 2.05) is 33.9 Å². The fraction of sp³-hybridized carbons (Fsp3) is 0.462. The molecule has 0 aliphatic carbocycles. The van der Waals surface area contributed by atoms with Gasteiger partial charge in [-0.05, 0) is 43.9 Å². The smallest absolute Gasteiger partial charge is 0.423 e. The van der Waals surface area contributed by atoms with Gasteiger partial charge < -0.3 is 9.68 Å². The lowest BCUT2D eigenvalue weighted by Gasteiger charge is -2.31. The zero-order chi connectivity index (χ0) is 14.2. The third-order valence-electron chi connectivity index (χ3n) is 3.35. The minimum absolute atomic E-state index is 0.158. The van der Waals surface area contributed by atoms with E-state index < -0.39 is 7.12 Å². The topological polar surface area (TPSA) is 61.8 Å². The van der Waals surface area contributed by atoms with Gasteiger partial charge in [-0.3, -0.25) is 10.2 Å². The average molecular weight is 262 g/mol. The van der Waals surface area contributed by atoms with Gasteiger partial charge in [-0.25, -0.2) is 5.01 Å². The lowest BCUT2D eigenvalue weighted by atomic mass is 9.79. The van der Waals surface area contributed by atoms with Gasteiger partial charge in [-0.15, -0.1) is 0 Å². The van der Waals surface area contributed by atoms with Crippen molar-refractivity contribution in [3.8, 4) is 0 Å². The predicted molar refractivity (Wildman–Crippen MR) is 73.8 cm³/mol. The molecule has 1 aliphatic heterocycles. The van der Waals surface area contributed by atoms with E-state index in [-0.39, 0.29) is 11.4 Å². The van der Waals surface area contributed by atoms with E-state index in [1.54, 1.807) is 17.1 Å².